The van der Waals surface area contributed by atoms with Gasteiger partial charge in [-0.2, -0.15) is 0 Å². The lowest BCUT2D eigenvalue weighted by atomic mass is 9.86. The minimum atomic E-state index is 0.288. The van der Waals surface area contributed by atoms with E-state index >= 15 is 0 Å². The Morgan fingerprint density at radius 2 is 2.06 bits per heavy atom. The van der Waals surface area contributed by atoms with E-state index in [2.05, 4.69) is 23.6 Å². The molecule has 2 heteroatoms. The fourth-order valence-corrected chi connectivity index (χ4v) is 2.83. The fourth-order valence-electron chi connectivity index (χ4n) is 2.15. The number of thioether (sulfide) groups is 1. The molecule has 0 bridgehead atoms. The van der Waals surface area contributed by atoms with E-state index in [1.807, 2.05) is 18.2 Å². The molecule has 1 fully saturated rings. The molecular formula is C15H18OS. The number of rotatable bonds is 4. The van der Waals surface area contributed by atoms with E-state index in [1.165, 1.54) is 11.3 Å². The van der Waals surface area contributed by atoms with E-state index in [0.29, 0.717) is 5.78 Å². The second kappa shape index (κ2) is 6.65. The summed E-state index contributed by atoms with van der Waals surface area (Å²) in [5.41, 5.74) is 0. The van der Waals surface area contributed by atoms with Crippen LogP contribution in [0.5, 0.6) is 0 Å². The van der Waals surface area contributed by atoms with Gasteiger partial charge in [0.1, 0.15) is 5.78 Å². The summed E-state index contributed by atoms with van der Waals surface area (Å²) < 4.78 is 0. The topological polar surface area (TPSA) is 17.1 Å². The zero-order valence-electron chi connectivity index (χ0n) is 9.97. The first-order chi connectivity index (χ1) is 8.36. The maximum Gasteiger partial charge on any atom is 0.136 e. The maximum absolute atomic E-state index is 11.6. The Kier molecular flexibility index (Phi) is 4.87. The summed E-state index contributed by atoms with van der Waals surface area (Å²) in [6, 6.07) is 10.3. The quantitative estimate of drug-likeness (QED) is 0.730. The van der Waals surface area contributed by atoms with Crippen LogP contribution in [0.1, 0.15) is 32.1 Å². The lowest BCUT2D eigenvalue weighted by molar-refractivity contribution is -0.124. The molecular weight excluding hydrogens is 228 g/mol. The van der Waals surface area contributed by atoms with Gasteiger partial charge >= 0.3 is 0 Å². The minimum absolute atomic E-state index is 0.288. The van der Waals surface area contributed by atoms with Crippen molar-refractivity contribution in [1.82, 2.24) is 0 Å². The number of carbonyl (C=O) groups excluding carboxylic acids is 1. The van der Waals surface area contributed by atoms with Crippen molar-refractivity contribution in [2.75, 3.05) is 0 Å². The second-order valence-electron chi connectivity index (χ2n) is 4.45. The van der Waals surface area contributed by atoms with Gasteiger partial charge in [-0.05, 0) is 36.8 Å². The third-order valence-corrected chi connectivity index (χ3v) is 4.02. The Morgan fingerprint density at radius 1 is 1.24 bits per heavy atom. The number of benzene rings is 1. The summed E-state index contributed by atoms with van der Waals surface area (Å²) in [7, 11) is 0. The van der Waals surface area contributed by atoms with Crippen LogP contribution >= 0.6 is 11.8 Å². The average molecular weight is 246 g/mol. The molecule has 1 aromatic carbocycles. The monoisotopic (exact) mass is 246 g/mol. The molecule has 0 amide bonds. The Hall–Kier alpha value is -1.02. The molecule has 1 aliphatic rings. The summed E-state index contributed by atoms with van der Waals surface area (Å²) >= 11 is 1.72. The third kappa shape index (κ3) is 4.04. The zero-order chi connectivity index (χ0) is 11.9. The van der Waals surface area contributed by atoms with Gasteiger partial charge in [0, 0.05) is 17.2 Å². The van der Waals surface area contributed by atoms with E-state index in [9.17, 15) is 4.79 Å². The molecule has 0 aromatic heterocycles. The first-order valence-electron chi connectivity index (χ1n) is 6.25. The third-order valence-electron chi connectivity index (χ3n) is 3.15. The van der Waals surface area contributed by atoms with Crippen LogP contribution in [0.15, 0.2) is 46.7 Å². The molecule has 0 saturated heterocycles. The first-order valence-corrected chi connectivity index (χ1v) is 7.13. The van der Waals surface area contributed by atoms with Crippen LogP contribution < -0.4 is 0 Å². The summed E-state index contributed by atoms with van der Waals surface area (Å²) in [6.07, 6.45) is 7.25. The molecule has 1 saturated carbocycles. The van der Waals surface area contributed by atoms with E-state index < -0.39 is 0 Å². The SMILES string of the molecule is O=C1CCCCC1C/C=C/Sc1ccccc1. The number of ketones is 1. The maximum atomic E-state index is 11.6. The largest absolute Gasteiger partial charge is 0.299 e. The zero-order valence-corrected chi connectivity index (χ0v) is 10.8. The Bertz CT molecular complexity index is 383. The van der Waals surface area contributed by atoms with Crippen molar-refractivity contribution in [3.05, 3.63) is 41.8 Å². The molecule has 0 radical (unpaired) electrons. The van der Waals surface area contributed by atoms with Crippen LogP contribution in [0.2, 0.25) is 0 Å². The standard InChI is InChI=1S/C15H18OS/c16-15-11-5-4-7-13(15)8-6-12-17-14-9-2-1-3-10-14/h1-3,6,9-10,12-13H,4-5,7-8,11H2/b12-6+. The number of carbonyl (C=O) groups is 1. The Labute approximate surface area is 107 Å². The van der Waals surface area contributed by atoms with E-state index in [1.54, 1.807) is 11.8 Å². The lowest BCUT2D eigenvalue weighted by Crippen LogP contribution is -2.17. The highest BCUT2D eigenvalue weighted by Gasteiger charge is 2.20. The molecule has 0 N–H and O–H groups in total. The van der Waals surface area contributed by atoms with Gasteiger partial charge < -0.3 is 0 Å². The van der Waals surface area contributed by atoms with Gasteiger partial charge in [0.15, 0.2) is 0 Å². The smallest absolute Gasteiger partial charge is 0.136 e. The number of allylic oxidation sites excluding steroid dienone is 1. The molecule has 90 valence electrons. The van der Waals surface area contributed by atoms with Crippen molar-refractivity contribution in [2.24, 2.45) is 5.92 Å². The normalized spacial score (nSPS) is 20.9. The molecule has 1 aromatic rings. The molecule has 1 aliphatic carbocycles. The summed E-state index contributed by atoms with van der Waals surface area (Å²) in [5.74, 6) is 0.752. The Morgan fingerprint density at radius 3 is 2.82 bits per heavy atom. The van der Waals surface area contributed by atoms with Gasteiger partial charge in [0.2, 0.25) is 0 Å². The Balaban J connectivity index is 1.76. The molecule has 1 unspecified atom stereocenters. The molecule has 0 heterocycles. The van der Waals surface area contributed by atoms with Gasteiger partial charge in [-0.25, -0.2) is 0 Å². The van der Waals surface area contributed by atoms with Gasteiger partial charge in [-0.3, -0.25) is 4.79 Å². The predicted molar refractivity (Wildman–Crippen MR) is 73.0 cm³/mol. The minimum Gasteiger partial charge on any atom is -0.299 e. The van der Waals surface area contributed by atoms with E-state index in [4.69, 9.17) is 0 Å². The van der Waals surface area contributed by atoms with Crippen LogP contribution in [0.4, 0.5) is 0 Å². The van der Waals surface area contributed by atoms with Crippen LogP contribution in [0, 0.1) is 5.92 Å². The van der Waals surface area contributed by atoms with Crippen molar-refractivity contribution in [2.45, 2.75) is 37.0 Å². The van der Waals surface area contributed by atoms with Crippen LogP contribution in [0.3, 0.4) is 0 Å². The van der Waals surface area contributed by atoms with Gasteiger partial charge in [-0.1, -0.05) is 42.5 Å². The molecule has 1 atom stereocenters. The highest BCUT2D eigenvalue weighted by molar-refractivity contribution is 8.02. The van der Waals surface area contributed by atoms with Crippen molar-refractivity contribution in [1.29, 1.82) is 0 Å². The molecule has 0 spiro atoms. The number of Topliss-reactive ketones (excluding diaryl/α,β-unsaturated/α-hetero) is 1. The molecule has 0 aliphatic heterocycles. The first kappa shape index (κ1) is 12.4. The van der Waals surface area contributed by atoms with Crippen molar-refractivity contribution in [3.63, 3.8) is 0 Å². The van der Waals surface area contributed by atoms with Crippen molar-refractivity contribution in [3.8, 4) is 0 Å². The van der Waals surface area contributed by atoms with Crippen molar-refractivity contribution < 1.29 is 4.79 Å². The van der Waals surface area contributed by atoms with Crippen molar-refractivity contribution >= 4 is 17.5 Å². The summed E-state index contributed by atoms with van der Waals surface area (Å²) in [5, 5.41) is 2.11. The van der Waals surface area contributed by atoms with Crippen LogP contribution in [-0.2, 0) is 4.79 Å². The van der Waals surface area contributed by atoms with Gasteiger partial charge in [-0.15, -0.1) is 0 Å². The van der Waals surface area contributed by atoms with E-state index in [-0.39, 0.29) is 5.92 Å². The molecule has 2 rings (SSSR count). The van der Waals surface area contributed by atoms with E-state index in [0.717, 1.165) is 25.7 Å². The average Bonchev–Trinajstić information content (AvgIpc) is 2.38. The van der Waals surface area contributed by atoms with Crippen LogP contribution in [-0.4, -0.2) is 5.78 Å². The summed E-state index contributed by atoms with van der Waals surface area (Å²) in [4.78, 5) is 12.9. The molecule has 17 heavy (non-hydrogen) atoms. The number of hydrogen-bond acceptors (Lipinski definition) is 2. The second-order valence-corrected chi connectivity index (χ2v) is 5.43. The highest BCUT2D eigenvalue weighted by Crippen LogP contribution is 2.25. The lowest BCUT2D eigenvalue weighted by Gasteiger charge is -2.18. The van der Waals surface area contributed by atoms with Gasteiger partial charge in [0.25, 0.3) is 0 Å². The predicted octanol–water partition coefficient (Wildman–Crippen LogP) is 4.44. The molecule has 1 nitrogen and oxygen atoms in total. The highest BCUT2D eigenvalue weighted by atomic mass is 32.2. The van der Waals surface area contributed by atoms with Crippen LogP contribution in [0.25, 0.3) is 0 Å². The summed E-state index contributed by atoms with van der Waals surface area (Å²) in [6.45, 7) is 0. The number of hydrogen-bond donors (Lipinski definition) is 0. The fraction of sp³-hybridized carbons (Fsp3) is 0.400. The van der Waals surface area contributed by atoms with Gasteiger partial charge in [0.05, 0.1) is 0 Å².